The van der Waals surface area contributed by atoms with Crippen molar-refractivity contribution in [3.05, 3.63) is 28.8 Å². The van der Waals surface area contributed by atoms with Gasteiger partial charge in [0.1, 0.15) is 0 Å². The van der Waals surface area contributed by atoms with Gasteiger partial charge in [0.05, 0.1) is 17.3 Å². The topological polar surface area (TPSA) is 89.5 Å². The van der Waals surface area contributed by atoms with E-state index in [-0.39, 0.29) is 22.5 Å². The lowest BCUT2D eigenvalue weighted by molar-refractivity contribution is -0.144. The van der Waals surface area contributed by atoms with E-state index in [9.17, 15) is 18.0 Å². The van der Waals surface area contributed by atoms with Crippen LogP contribution in [0.3, 0.4) is 0 Å². The predicted octanol–water partition coefficient (Wildman–Crippen LogP) is 2.05. The van der Waals surface area contributed by atoms with Crippen molar-refractivity contribution in [1.82, 2.24) is 0 Å². The van der Waals surface area contributed by atoms with Gasteiger partial charge in [-0.15, -0.1) is 11.8 Å². The van der Waals surface area contributed by atoms with Gasteiger partial charge in [-0.2, -0.15) is 0 Å². The molecule has 9 heteroatoms. The molecule has 1 atom stereocenters. The first-order valence-electron chi connectivity index (χ1n) is 7.29. The highest BCUT2D eigenvalue weighted by molar-refractivity contribution is 8.02. The first-order chi connectivity index (χ1) is 11.2. The van der Waals surface area contributed by atoms with Gasteiger partial charge in [0.15, 0.2) is 16.4 Å². The van der Waals surface area contributed by atoms with E-state index in [2.05, 4.69) is 5.32 Å². The van der Waals surface area contributed by atoms with Crippen molar-refractivity contribution in [2.45, 2.75) is 18.6 Å². The van der Waals surface area contributed by atoms with Crippen LogP contribution in [0.5, 0.6) is 0 Å². The van der Waals surface area contributed by atoms with Gasteiger partial charge >= 0.3 is 5.97 Å². The number of hydrogen-bond acceptors (Lipinski definition) is 6. The summed E-state index contributed by atoms with van der Waals surface area (Å²) in [6.07, 6.45) is 0.550. The maximum absolute atomic E-state index is 11.8. The Balaban J connectivity index is 1.71. The number of hydrogen-bond donors (Lipinski definition) is 1. The minimum Gasteiger partial charge on any atom is -0.455 e. The third-order valence-electron chi connectivity index (χ3n) is 3.47. The normalized spacial score (nSPS) is 19.0. The van der Waals surface area contributed by atoms with Gasteiger partial charge in [0.2, 0.25) is 0 Å². The molecule has 2 rings (SSSR count). The van der Waals surface area contributed by atoms with Gasteiger partial charge in [-0.25, -0.2) is 8.42 Å². The van der Waals surface area contributed by atoms with Crippen LogP contribution in [0, 0.1) is 6.92 Å². The largest absolute Gasteiger partial charge is 0.455 e. The average Bonchev–Trinajstić information content (AvgIpc) is 2.86. The summed E-state index contributed by atoms with van der Waals surface area (Å²) >= 11 is 7.12. The Hall–Kier alpha value is -1.25. The fourth-order valence-corrected chi connectivity index (χ4v) is 5.79. The van der Waals surface area contributed by atoms with Crippen molar-refractivity contribution >= 4 is 50.8 Å². The zero-order chi connectivity index (χ0) is 17.7. The first-order valence-corrected chi connectivity index (χ1v) is 10.5. The summed E-state index contributed by atoms with van der Waals surface area (Å²) < 4.78 is 27.6. The minimum absolute atomic E-state index is 0.0314. The second kappa shape index (κ2) is 8.22. The zero-order valence-electron chi connectivity index (χ0n) is 13.1. The molecule has 6 nitrogen and oxygen atoms in total. The Bertz CT molecular complexity index is 735. The summed E-state index contributed by atoms with van der Waals surface area (Å²) in [7, 11) is -2.96. The van der Waals surface area contributed by atoms with E-state index < -0.39 is 28.3 Å². The molecule has 1 amide bonds. The number of carbonyl (C=O) groups is 2. The second-order valence-electron chi connectivity index (χ2n) is 5.50. The van der Waals surface area contributed by atoms with Crippen LogP contribution in [0.25, 0.3) is 0 Å². The van der Waals surface area contributed by atoms with Gasteiger partial charge in [-0.1, -0.05) is 17.7 Å². The third-order valence-corrected chi connectivity index (χ3v) is 6.96. The molecule has 1 aromatic rings. The smallest absolute Gasteiger partial charge is 0.316 e. The number of ether oxygens (including phenoxy) is 1. The van der Waals surface area contributed by atoms with Gasteiger partial charge in [-0.3, -0.25) is 9.59 Å². The molecule has 0 bridgehead atoms. The minimum atomic E-state index is -2.96. The average molecular weight is 392 g/mol. The van der Waals surface area contributed by atoms with E-state index >= 15 is 0 Å². The molecular weight excluding hydrogens is 374 g/mol. The van der Waals surface area contributed by atoms with Crippen molar-refractivity contribution in [2.24, 2.45) is 0 Å². The molecular formula is C15H18ClNO5S2. The number of thioether (sulfide) groups is 1. The van der Waals surface area contributed by atoms with Crippen LogP contribution < -0.4 is 5.32 Å². The number of sulfone groups is 1. The Morgan fingerprint density at radius 2 is 2.17 bits per heavy atom. The third kappa shape index (κ3) is 5.99. The Morgan fingerprint density at radius 1 is 1.42 bits per heavy atom. The van der Waals surface area contributed by atoms with E-state index in [1.54, 1.807) is 18.2 Å². The van der Waals surface area contributed by atoms with Gasteiger partial charge < -0.3 is 10.1 Å². The number of amides is 1. The Labute approximate surface area is 150 Å². The lowest BCUT2D eigenvalue weighted by Gasteiger charge is -2.10. The summed E-state index contributed by atoms with van der Waals surface area (Å²) in [5.41, 5.74) is 1.41. The molecule has 0 spiro atoms. The quantitative estimate of drug-likeness (QED) is 0.746. The molecule has 1 aliphatic rings. The first kappa shape index (κ1) is 19.1. The summed E-state index contributed by atoms with van der Waals surface area (Å²) in [5.74, 6) is -0.700. The molecule has 0 radical (unpaired) electrons. The van der Waals surface area contributed by atoms with Crippen LogP contribution in [0.15, 0.2) is 18.2 Å². The van der Waals surface area contributed by atoms with Crippen LogP contribution >= 0.6 is 23.4 Å². The fourth-order valence-electron chi connectivity index (χ4n) is 2.18. The number of rotatable bonds is 6. The molecule has 24 heavy (non-hydrogen) atoms. The van der Waals surface area contributed by atoms with Crippen LogP contribution in [-0.2, 0) is 24.2 Å². The van der Waals surface area contributed by atoms with E-state index in [4.69, 9.17) is 16.3 Å². The van der Waals surface area contributed by atoms with Gasteiger partial charge in [0, 0.05) is 16.0 Å². The fraction of sp³-hybridized carbons (Fsp3) is 0.467. The van der Waals surface area contributed by atoms with E-state index in [1.165, 1.54) is 11.8 Å². The summed E-state index contributed by atoms with van der Waals surface area (Å²) in [6.45, 7) is 1.43. The lowest BCUT2D eigenvalue weighted by Crippen LogP contribution is -2.22. The van der Waals surface area contributed by atoms with Crippen molar-refractivity contribution in [3.8, 4) is 0 Å². The molecule has 1 N–H and O–H groups in total. The molecule has 0 aromatic heterocycles. The maximum atomic E-state index is 11.8. The van der Waals surface area contributed by atoms with Crippen LogP contribution in [0.1, 0.15) is 12.0 Å². The van der Waals surface area contributed by atoms with Crippen molar-refractivity contribution in [1.29, 1.82) is 0 Å². The highest BCUT2D eigenvalue weighted by Gasteiger charge is 2.28. The SMILES string of the molecule is Cc1ccc(Cl)cc1NC(=O)COC(=O)CS[C@@H]1CCS(=O)(=O)C1. The van der Waals surface area contributed by atoms with E-state index in [1.807, 2.05) is 6.92 Å². The lowest BCUT2D eigenvalue weighted by atomic mass is 10.2. The Kier molecular flexibility index (Phi) is 6.54. The molecule has 1 fully saturated rings. The van der Waals surface area contributed by atoms with Crippen LogP contribution in [0.2, 0.25) is 5.02 Å². The molecule has 0 unspecified atom stereocenters. The van der Waals surface area contributed by atoms with E-state index in [0.29, 0.717) is 17.1 Å². The highest BCUT2D eigenvalue weighted by atomic mass is 35.5. The molecule has 0 saturated carbocycles. The predicted molar refractivity (Wildman–Crippen MR) is 95.3 cm³/mol. The van der Waals surface area contributed by atoms with E-state index in [0.717, 1.165) is 5.56 Å². The molecule has 1 saturated heterocycles. The van der Waals surface area contributed by atoms with Gasteiger partial charge in [-0.05, 0) is 31.0 Å². The summed E-state index contributed by atoms with van der Waals surface area (Å²) in [5, 5.41) is 3.05. The molecule has 1 heterocycles. The second-order valence-corrected chi connectivity index (χ2v) is 9.46. The molecule has 132 valence electrons. The monoisotopic (exact) mass is 391 g/mol. The molecule has 1 aromatic carbocycles. The number of esters is 1. The van der Waals surface area contributed by atoms with Crippen LogP contribution in [0.4, 0.5) is 5.69 Å². The number of nitrogens with one attached hydrogen (secondary N) is 1. The van der Waals surface area contributed by atoms with Crippen molar-refractivity contribution < 1.29 is 22.7 Å². The highest BCUT2D eigenvalue weighted by Crippen LogP contribution is 2.24. The summed E-state index contributed by atoms with van der Waals surface area (Å²) in [4.78, 5) is 23.5. The summed E-state index contributed by atoms with van der Waals surface area (Å²) in [6, 6.07) is 5.11. The van der Waals surface area contributed by atoms with Gasteiger partial charge in [0.25, 0.3) is 5.91 Å². The number of halogens is 1. The van der Waals surface area contributed by atoms with Crippen molar-refractivity contribution in [2.75, 3.05) is 29.2 Å². The molecule has 1 aliphatic heterocycles. The molecule has 0 aliphatic carbocycles. The zero-order valence-corrected chi connectivity index (χ0v) is 15.5. The number of carbonyl (C=O) groups excluding carboxylic acids is 2. The standard InChI is InChI=1S/C15H18ClNO5S2/c1-10-2-3-11(16)6-13(10)17-14(18)7-22-15(19)8-23-12-4-5-24(20,21)9-12/h2-3,6,12H,4-5,7-9H2,1H3,(H,17,18)/t12-/m1/s1. The maximum Gasteiger partial charge on any atom is 0.316 e. The van der Waals surface area contributed by atoms with Crippen LogP contribution in [-0.4, -0.2) is 49.4 Å². The van der Waals surface area contributed by atoms with Crippen molar-refractivity contribution in [3.63, 3.8) is 0 Å². The number of benzene rings is 1. The number of anilines is 1. The Morgan fingerprint density at radius 3 is 2.83 bits per heavy atom. The number of aryl methyl sites for hydroxylation is 1.